The topological polar surface area (TPSA) is 115 Å². The maximum absolute atomic E-state index is 12.4. The Balaban J connectivity index is 1.61. The number of hydrogen-bond acceptors (Lipinski definition) is 8. The lowest BCUT2D eigenvalue weighted by atomic mass is 9.99. The van der Waals surface area contributed by atoms with E-state index < -0.39 is 36.7 Å². The van der Waals surface area contributed by atoms with Crippen LogP contribution >= 0.6 is 0 Å². The Morgan fingerprint density at radius 1 is 1.03 bits per heavy atom. The van der Waals surface area contributed by atoms with Gasteiger partial charge in [-0.1, -0.05) is 18.2 Å². The van der Waals surface area contributed by atoms with Crippen molar-refractivity contribution < 1.29 is 39.1 Å². The van der Waals surface area contributed by atoms with Gasteiger partial charge in [0.15, 0.2) is 6.29 Å². The Bertz CT molecular complexity index is 825. The Hall–Kier alpha value is -2.49. The monoisotopic (exact) mass is 404 g/mol. The average Bonchev–Trinajstić information content (AvgIpc) is 2.70. The standard InChI is InChI=1S/C21H24O8/c1-12-10-14(28-13-6-4-3-5-7-13)8-9-15(12)20(24)27-11-16-17(22)18(23)19(26-2)21(25)29-16/h3-10,16-19,21-23,25H,11H2,1-2H3/t16-,17-,18+,19-,21-/m1/s1. The van der Waals surface area contributed by atoms with Gasteiger partial charge in [-0.3, -0.25) is 0 Å². The highest BCUT2D eigenvalue weighted by molar-refractivity contribution is 5.91. The summed E-state index contributed by atoms with van der Waals surface area (Å²) in [6.45, 7) is 1.41. The predicted molar refractivity (Wildman–Crippen MR) is 102 cm³/mol. The zero-order valence-electron chi connectivity index (χ0n) is 16.1. The molecule has 29 heavy (non-hydrogen) atoms. The first kappa shape index (κ1) is 21.2. The van der Waals surface area contributed by atoms with Gasteiger partial charge in [0.1, 0.15) is 42.5 Å². The summed E-state index contributed by atoms with van der Waals surface area (Å²) in [4.78, 5) is 12.4. The minimum Gasteiger partial charge on any atom is -0.459 e. The number of para-hydroxylation sites is 1. The molecule has 0 radical (unpaired) electrons. The lowest BCUT2D eigenvalue weighted by molar-refractivity contribution is -0.291. The molecule has 3 N–H and O–H groups in total. The molecule has 2 aromatic rings. The predicted octanol–water partition coefficient (Wildman–Crippen LogP) is 1.40. The minimum absolute atomic E-state index is 0.326. The number of carbonyl (C=O) groups is 1. The second-order valence-corrected chi connectivity index (χ2v) is 6.74. The molecule has 1 aliphatic heterocycles. The third-order valence-electron chi connectivity index (χ3n) is 4.71. The third kappa shape index (κ3) is 4.92. The number of ether oxygens (including phenoxy) is 4. The normalized spacial score (nSPS) is 26.7. The molecule has 0 unspecified atom stereocenters. The van der Waals surface area contributed by atoms with Crippen LogP contribution in [-0.4, -0.2) is 65.7 Å². The molecule has 5 atom stereocenters. The summed E-state index contributed by atoms with van der Waals surface area (Å²) in [5.41, 5.74) is 0.972. The maximum atomic E-state index is 12.4. The molecule has 0 aliphatic carbocycles. The van der Waals surface area contributed by atoms with Crippen LogP contribution in [-0.2, 0) is 14.2 Å². The molecule has 156 valence electrons. The van der Waals surface area contributed by atoms with Crippen LogP contribution < -0.4 is 4.74 Å². The summed E-state index contributed by atoms with van der Waals surface area (Å²) < 4.78 is 21.0. The molecule has 0 saturated carbocycles. The number of benzene rings is 2. The van der Waals surface area contributed by atoms with Crippen LogP contribution in [0.25, 0.3) is 0 Å². The van der Waals surface area contributed by atoms with E-state index in [-0.39, 0.29) is 6.61 Å². The van der Waals surface area contributed by atoms with Gasteiger partial charge in [-0.05, 0) is 42.8 Å². The van der Waals surface area contributed by atoms with Crippen molar-refractivity contribution in [2.24, 2.45) is 0 Å². The molecule has 0 amide bonds. The minimum atomic E-state index is -1.45. The van der Waals surface area contributed by atoms with Gasteiger partial charge in [0, 0.05) is 7.11 Å². The number of esters is 1. The Kier molecular flexibility index (Phi) is 6.83. The highest BCUT2D eigenvalue weighted by Gasteiger charge is 2.44. The summed E-state index contributed by atoms with van der Waals surface area (Å²) in [7, 11) is 1.28. The molecule has 0 spiro atoms. The molecule has 0 bridgehead atoms. The quantitative estimate of drug-likeness (QED) is 0.619. The van der Waals surface area contributed by atoms with E-state index in [2.05, 4.69) is 0 Å². The molecule has 8 heteroatoms. The van der Waals surface area contributed by atoms with Gasteiger partial charge in [0.25, 0.3) is 0 Å². The molecule has 3 rings (SSSR count). The molecule has 1 heterocycles. The van der Waals surface area contributed by atoms with Crippen molar-refractivity contribution in [2.75, 3.05) is 13.7 Å². The molecule has 1 fully saturated rings. The average molecular weight is 404 g/mol. The van der Waals surface area contributed by atoms with Crippen molar-refractivity contribution in [3.8, 4) is 11.5 Å². The number of aliphatic hydroxyl groups excluding tert-OH is 3. The van der Waals surface area contributed by atoms with Crippen molar-refractivity contribution in [3.63, 3.8) is 0 Å². The largest absolute Gasteiger partial charge is 0.459 e. The Morgan fingerprint density at radius 2 is 1.76 bits per heavy atom. The van der Waals surface area contributed by atoms with E-state index in [0.29, 0.717) is 22.6 Å². The van der Waals surface area contributed by atoms with Gasteiger partial charge in [-0.2, -0.15) is 0 Å². The molecule has 2 aromatic carbocycles. The smallest absolute Gasteiger partial charge is 0.338 e. The van der Waals surface area contributed by atoms with Gasteiger partial charge in [-0.15, -0.1) is 0 Å². The van der Waals surface area contributed by atoms with Crippen molar-refractivity contribution in [2.45, 2.75) is 37.6 Å². The fourth-order valence-corrected chi connectivity index (χ4v) is 3.10. The summed E-state index contributed by atoms with van der Waals surface area (Å²) in [6.07, 6.45) is -6.37. The molecule has 0 aromatic heterocycles. The van der Waals surface area contributed by atoms with Crippen LogP contribution in [0.3, 0.4) is 0 Å². The van der Waals surface area contributed by atoms with Crippen LogP contribution in [0.2, 0.25) is 0 Å². The van der Waals surface area contributed by atoms with E-state index in [1.807, 2.05) is 30.3 Å². The van der Waals surface area contributed by atoms with Gasteiger partial charge in [0.2, 0.25) is 0 Å². The van der Waals surface area contributed by atoms with Gasteiger partial charge < -0.3 is 34.3 Å². The first-order valence-corrected chi connectivity index (χ1v) is 9.14. The zero-order valence-corrected chi connectivity index (χ0v) is 16.1. The summed E-state index contributed by atoms with van der Waals surface area (Å²) >= 11 is 0. The number of carbonyl (C=O) groups excluding carboxylic acids is 1. The lowest BCUT2D eigenvalue weighted by Gasteiger charge is -2.39. The van der Waals surface area contributed by atoms with Gasteiger partial charge in [-0.25, -0.2) is 4.79 Å². The fraction of sp³-hybridized carbons (Fsp3) is 0.381. The van der Waals surface area contributed by atoms with E-state index in [1.54, 1.807) is 25.1 Å². The van der Waals surface area contributed by atoms with Crippen molar-refractivity contribution in [1.29, 1.82) is 0 Å². The SMILES string of the molecule is CO[C@@H]1[C@@H](O)[C@H](O)[C@@H](COC(=O)c2ccc(Oc3ccccc3)cc2C)O[C@H]1O. The fourth-order valence-electron chi connectivity index (χ4n) is 3.10. The van der Waals surface area contributed by atoms with E-state index in [0.717, 1.165) is 0 Å². The second-order valence-electron chi connectivity index (χ2n) is 6.74. The number of hydrogen-bond donors (Lipinski definition) is 3. The molecule has 1 aliphatic rings. The van der Waals surface area contributed by atoms with Crippen LogP contribution in [0.5, 0.6) is 11.5 Å². The Labute approximate surface area is 168 Å². The third-order valence-corrected chi connectivity index (χ3v) is 4.71. The molecule has 1 saturated heterocycles. The number of aliphatic hydroxyl groups is 3. The van der Waals surface area contributed by atoms with E-state index in [9.17, 15) is 20.1 Å². The van der Waals surface area contributed by atoms with Crippen LogP contribution in [0.1, 0.15) is 15.9 Å². The molecular weight excluding hydrogens is 380 g/mol. The van der Waals surface area contributed by atoms with E-state index in [1.165, 1.54) is 7.11 Å². The molecular formula is C21H24O8. The summed E-state index contributed by atoms with van der Waals surface area (Å²) in [6, 6.07) is 14.2. The highest BCUT2D eigenvalue weighted by atomic mass is 16.7. The van der Waals surface area contributed by atoms with Crippen molar-refractivity contribution >= 4 is 5.97 Å². The zero-order chi connectivity index (χ0) is 21.0. The van der Waals surface area contributed by atoms with E-state index in [4.69, 9.17) is 18.9 Å². The van der Waals surface area contributed by atoms with Crippen LogP contribution in [0.4, 0.5) is 0 Å². The van der Waals surface area contributed by atoms with Crippen molar-refractivity contribution in [1.82, 2.24) is 0 Å². The number of rotatable bonds is 6. The number of methoxy groups -OCH3 is 1. The summed E-state index contributed by atoms with van der Waals surface area (Å²) in [5.74, 6) is 0.632. The van der Waals surface area contributed by atoms with E-state index >= 15 is 0 Å². The first-order valence-electron chi connectivity index (χ1n) is 9.14. The maximum Gasteiger partial charge on any atom is 0.338 e. The van der Waals surface area contributed by atoms with Crippen LogP contribution in [0.15, 0.2) is 48.5 Å². The molecule has 8 nitrogen and oxygen atoms in total. The summed E-state index contributed by atoms with van der Waals surface area (Å²) in [5, 5.41) is 29.9. The lowest BCUT2D eigenvalue weighted by Crippen LogP contribution is -2.59. The first-order chi connectivity index (χ1) is 13.9. The van der Waals surface area contributed by atoms with Crippen molar-refractivity contribution in [3.05, 3.63) is 59.7 Å². The second kappa shape index (κ2) is 9.34. The van der Waals surface area contributed by atoms with Crippen LogP contribution in [0, 0.1) is 6.92 Å². The Morgan fingerprint density at radius 3 is 2.41 bits per heavy atom. The number of aryl methyl sites for hydroxylation is 1. The highest BCUT2D eigenvalue weighted by Crippen LogP contribution is 2.25. The van der Waals surface area contributed by atoms with Gasteiger partial charge in [0.05, 0.1) is 5.56 Å². The van der Waals surface area contributed by atoms with Gasteiger partial charge >= 0.3 is 5.97 Å².